The standard InChI is InChI=1S/C22H32N2O2/c1-22-11-10-18-17-7-5-16(26-13-12-24(2)3)14-15(17)4-6-19(18)20(22)8-9-21(25)23-22/h5,7,14,18-20H,4,6,8-13H2,1-3H3,(H,23,25)/t18-,19-,20+,22+/m1/s1. The molecule has 4 rings (SSSR count). The van der Waals surface area contributed by atoms with Crippen LogP contribution in [0.4, 0.5) is 0 Å². The van der Waals surface area contributed by atoms with Crippen molar-refractivity contribution >= 4 is 5.91 Å². The van der Waals surface area contributed by atoms with Crippen molar-refractivity contribution in [2.24, 2.45) is 11.8 Å². The second-order valence-electron chi connectivity index (χ2n) is 8.97. The summed E-state index contributed by atoms with van der Waals surface area (Å²) in [5, 5.41) is 3.33. The van der Waals surface area contributed by atoms with Crippen molar-refractivity contribution in [3.8, 4) is 5.75 Å². The average Bonchev–Trinajstić information content (AvgIpc) is 2.59. The van der Waals surface area contributed by atoms with Gasteiger partial charge in [0.25, 0.3) is 0 Å². The van der Waals surface area contributed by atoms with E-state index in [0.29, 0.717) is 24.2 Å². The van der Waals surface area contributed by atoms with E-state index in [4.69, 9.17) is 4.74 Å². The molecule has 1 saturated heterocycles. The van der Waals surface area contributed by atoms with Gasteiger partial charge in [-0.2, -0.15) is 0 Å². The van der Waals surface area contributed by atoms with Crippen molar-refractivity contribution in [3.63, 3.8) is 0 Å². The summed E-state index contributed by atoms with van der Waals surface area (Å²) >= 11 is 0. The van der Waals surface area contributed by atoms with Gasteiger partial charge in [0.2, 0.25) is 5.91 Å². The molecule has 2 aliphatic carbocycles. The number of hydrogen-bond donors (Lipinski definition) is 1. The summed E-state index contributed by atoms with van der Waals surface area (Å²) in [6.45, 7) is 3.95. The predicted molar refractivity (Wildman–Crippen MR) is 104 cm³/mol. The molecule has 142 valence electrons. The van der Waals surface area contributed by atoms with Crippen molar-refractivity contribution in [3.05, 3.63) is 29.3 Å². The van der Waals surface area contributed by atoms with Crippen molar-refractivity contribution in [1.29, 1.82) is 0 Å². The molecule has 4 atom stereocenters. The maximum Gasteiger partial charge on any atom is 0.220 e. The minimum Gasteiger partial charge on any atom is -0.492 e. The normalized spacial score (nSPS) is 33.1. The number of benzene rings is 1. The van der Waals surface area contributed by atoms with Gasteiger partial charge in [-0.25, -0.2) is 0 Å². The number of nitrogens with one attached hydrogen (secondary N) is 1. The van der Waals surface area contributed by atoms with Gasteiger partial charge < -0.3 is 15.0 Å². The third kappa shape index (κ3) is 3.24. The molecule has 0 radical (unpaired) electrons. The number of likely N-dealkylation sites (N-methyl/N-ethyl adjacent to an activating group) is 1. The Bertz CT molecular complexity index is 687. The minimum atomic E-state index is 0.0171. The molecule has 1 aromatic carbocycles. The first-order valence-electron chi connectivity index (χ1n) is 10.2. The van der Waals surface area contributed by atoms with E-state index < -0.39 is 0 Å². The Morgan fingerprint density at radius 2 is 2.08 bits per heavy atom. The first-order chi connectivity index (χ1) is 12.5. The Kier molecular flexibility index (Phi) is 4.72. The number of aryl methyl sites for hydroxylation is 1. The number of amides is 1. The molecule has 4 heteroatoms. The number of nitrogens with zero attached hydrogens (tertiary/aromatic N) is 1. The van der Waals surface area contributed by atoms with Gasteiger partial charge in [-0.1, -0.05) is 6.07 Å². The van der Waals surface area contributed by atoms with Crippen LogP contribution in [0.3, 0.4) is 0 Å². The highest BCUT2D eigenvalue weighted by Crippen LogP contribution is 2.53. The number of fused-ring (bicyclic) bond motifs is 5. The van der Waals surface area contributed by atoms with Crippen LogP contribution in [0, 0.1) is 11.8 Å². The number of ether oxygens (including phenoxy) is 1. The molecule has 4 nitrogen and oxygen atoms in total. The monoisotopic (exact) mass is 356 g/mol. The Morgan fingerprint density at radius 3 is 2.88 bits per heavy atom. The van der Waals surface area contributed by atoms with E-state index in [1.54, 1.807) is 5.56 Å². The van der Waals surface area contributed by atoms with Gasteiger partial charge in [0.05, 0.1) is 0 Å². The fraction of sp³-hybridized carbons (Fsp3) is 0.682. The second kappa shape index (κ2) is 6.88. The molecule has 1 amide bonds. The van der Waals surface area contributed by atoms with E-state index in [-0.39, 0.29) is 11.4 Å². The van der Waals surface area contributed by atoms with Crippen molar-refractivity contribution in [1.82, 2.24) is 10.2 Å². The smallest absolute Gasteiger partial charge is 0.220 e. The molecule has 1 N–H and O–H groups in total. The van der Waals surface area contributed by atoms with Crippen molar-refractivity contribution in [2.45, 2.75) is 56.9 Å². The molecule has 2 fully saturated rings. The van der Waals surface area contributed by atoms with Crippen LogP contribution in [-0.2, 0) is 11.2 Å². The van der Waals surface area contributed by atoms with Gasteiger partial charge in [-0.05, 0) is 94.1 Å². The maximum atomic E-state index is 11.9. The molecule has 1 heterocycles. The van der Waals surface area contributed by atoms with Crippen LogP contribution < -0.4 is 10.1 Å². The summed E-state index contributed by atoms with van der Waals surface area (Å²) in [6.07, 6.45) is 6.44. The van der Waals surface area contributed by atoms with Gasteiger partial charge in [0.15, 0.2) is 0 Å². The molecule has 1 aromatic rings. The summed E-state index contributed by atoms with van der Waals surface area (Å²) in [4.78, 5) is 14.1. The summed E-state index contributed by atoms with van der Waals surface area (Å²) in [5.41, 5.74) is 3.04. The van der Waals surface area contributed by atoms with Crippen LogP contribution in [-0.4, -0.2) is 43.6 Å². The molecule has 0 unspecified atom stereocenters. The van der Waals surface area contributed by atoms with Gasteiger partial charge in [0.1, 0.15) is 12.4 Å². The summed E-state index contributed by atoms with van der Waals surface area (Å²) in [6, 6.07) is 6.76. The molecule has 0 spiro atoms. The van der Waals surface area contributed by atoms with E-state index in [9.17, 15) is 4.79 Å². The number of piperidine rings is 1. The summed E-state index contributed by atoms with van der Waals surface area (Å²) in [7, 11) is 4.14. The SMILES string of the molecule is CN(C)CCOc1ccc2c(c1)CC[C@@H]1[C@@H]2CC[C@]2(C)NC(=O)CC[C@@H]12. The molecule has 0 bridgehead atoms. The largest absolute Gasteiger partial charge is 0.492 e. The lowest BCUT2D eigenvalue weighted by atomic mass is 9.55. The third-order valence-electron chi connectivity index (χ3n) is 7.00. The van der Waals surface area contributed by atoms with E-state index in [0.717, 1.165) is 38.2 Å². The van der Waals surface area contributed by atoms with Crippen LogP contribution in [0.2, 0.25) is 0 Å². The Hall–Kier alpha value is -1.55. The number of hydrogen-bond acceptors (Lipinski definition) is 3. The lowest BCUT2D eigenvalue weighted by molar-refractivity contribution is -0.129. The van der Waals surface area contributed by atoms with E-state index >= 15 is 0 Å². The van der Waals surface area contributed by atoms with Crippen LogP contribution >= 0.6 is 0 Å². The van der Waals surface area contributed by atoms with Gasteiger partial charge in [-0.15, -0.1) is 0 Å². The van der Waals surface area contributed by atoms with Crippen molar-refractivity contribution in [2.75, 3.05) is 27.2 Å². The molecule has 1 aliphatic heterocycles. The topological polar surface area (TPSA) is 41.6 Å². The number of carbonyl (C=O) groups is 1. The van der Waals surface area contributed by atoms with Gasteiger partial charge in [-0.3, -0.25) is 4.79 Å². The van der Waals surface area contributed by atoms with Gasteiger partial charge in [0, 0.05) is 18.5 Å². The van der Waals surface area contributed by atoms with Crippen molar-refractivity contribution < 1.29 is 9.53 Å². The number of rotatable bonds is 4. The quantitative estimate of drug-likeness (QED) is 0.899. The van der Waals surface area contributed by atoms with E-state index in [1.807, 2.05) is 0 Å². The number of carbonyl (C=O) groups excluding carboxylic acids is 1. The molecular formula is C22H32N2O2. The summed E-state index contributed by atoms with van der Waals surface area (Å²) < 4.78 is 5.94. The van der Waals surface area contributed by atoms with E-state index in [2.05, 4.69) is 49.4 Å². The molecule has 26 heavy (non-hydrogen) atoms. The third-order valence-corrected chi connectivity index (χ3v) is 7.00. The highest BCUT2D eigenvalue weighted by atomic mass is 16.5. The zero-order valence-electron chi connectivity index (χ0n) is 16.4. The first kappa shape index (κ1) is 17.8. The van der Waals surface area contributed by atoms with Crippen LogP contribution in [0.25, 0.3) is 0 Å². The predicted octanol–water partition coefficient (Wildman–Crippen LogP) is 3.35. The van der Waals surface area contributed by atoms with Crippen LogP contribution in [0.5, 0.6) is 5.75 Å². The highest BCUT2D eigenvalue weighted by molar-refractivity contribution is 5.77. The second-order valence-corrected chi connectivity index (χ2v) is 8.97. The summed E-state index contributed by atoms with van der Waals surface area (Å²) in [5.74, 6) is 3.25. The first-order valence-corrected chi connectivity index (χ1v) is 10.2. The fourth-order valence-corrected chi connectivity index (χ4v) is 5.67. The average molecular weight is 357 g/mol. The Morgan fingerprint density at radius 1 is 1.23 bits per heavy atom. The van der Waals surface area contributed by atoms with E-state index in [1.165, 1.54) is 18.4 Å². The zero-order chi connectivity index (χ0) is 18.3. The lowest BCUT2D eigenvalue weighted by Crippen LogP contribution is -2.60. The fourth-order valence-electron chi connectivity index (χ4n) is 5.67. The Balaban J connectivity index is 1.51. The minimum absolute atomic E-state index is 0.0171. The zero-order valence-corrected chi connectivity index (χ0v) is 16.4. The van der Waals surface area contributed by atoms with Crippen LogP contribution in [0.1, 0.15) is 56.1 Å². The lowest BCUT2D eigenvalue weighted by Gasteiger charge is -2.54. The molecular weight excluding hydrogens is 324 g/mol. The van der Waals surface area contributed by atoms with Gasteiger partial charge >= 0.3 is 0 Å². The van der Waals surface area contributed by atoms with Crippen LogP contribution in [0.15, 0.2) is 18.2 Å². The maximum absolute atomic E-state index is 11.9. The highest BCUT2D eigenvalue weighted by Gasteiger charge is 2.50. The Labute approximate surface area is 157 Å². The molecule has 0 aromatic heterocycles. The molecule has 1 saturated carbocycles. The molecule has 3 aliphatic rings.